The monoisotopic (exact) mass is 275 g/mol. The lowest BCUT2D eigenvalue weighted by Crippen LogP contribution is -2.24. The van der Waals surface area contributed by atoms with E-state index in [0.717, 1.165) is 41.2 Å². The van der Waals surface area contributed by atoms with Crippen LogP contribution in [-0.4, -0.2) is 6.54 Å². The lowest BCUT2D eigenvalue weighted by molar-refractivity contribution is 0.428. The maximum Gasteiger partial charge on any atom is 0.125 e. The predicted molar refractivity (Wildman–Crippen MR) is 79.5 cm³/mol. The Labute approximate surface area is 120 Å². The molecule has 0 aliphatic carbocycles. The van der Waals surface area contributed by atoms with Crippen LogP contribution in [0.3, 0.4) is 0 Å². The third-order valence-electron chi connectivity index (χ3n) is 3.49. The number of aryl methyl sites for hydroxylation is 3. The number of halogens is 1. The molecule has 0 saturated carbocycles. The second kappa shape index (κ2) is 6.23. The van der Waals surface area contributed by atoms with Gasteiger partial charge >= 0.3 is 0 Å². The van der Waals surface area contributed by atoms with E-state index in [4.69, 9.17) is 4.42 Å². The molecule has 0 fully saturated rings. The molecule has 108 valence electrons. The van der Waals surface area contributed by atoms with Crippen molar-refractivity contribution in [2.45, 2.75) is 40.2 Å². The molecule has 0 spiro atoms. The van der Waals surface area contributed by atoms with Gasteiger partial charge < -0.3 is 9.73 Å². The number of nitrogens with one attached hydrogen (secondary N) is 1. The minimum absolute atomic E-state index is 0.0238. The highest BCUT2D eigenvalue weighted by Crippen LogP contribution is 2.29. The van der Waals surface area contributed by atoms with Crippen molar-refractivity contribution in [1.82, 2.24) is 5.32 Å². The molecule has 1 N–H and O–H groups in total. The molecule has 2 aromatic rings. The van der Waals surface area contributed by atoms with Gasteiger partial charge in [-0.3, -0.25) is 0 Å². The Bertz CT molecular complexity index is 565. The molecule has 2 rings (SSSR count). The molecule has 3 heteroatoms. The summed E-state index contributed by atoms with van der Waals surface area (Å²) in [7, 11) is 0. The predicted octanol–water partition coefficient (Wildman–Crippen LogP) is 4.43. The summed E-state index contributed by atoms with van der Waals surface area (Å²) in [6.07, 6.45) is 1.04. The van der Waals surface area contributed by atoms with Crippen molar-refractivity contribution in [2.24, 2.45) is 0 Å². The zero-order chi connectivity index (χ0) is 14.7. The van der Waals surface area contributed by atoms with Gasteiger partial charge in [0.2, 0.25) is 0 Å². The van der Waals surface area contributed by atoms with E-state index >= 15 is 0 Å². The summed E-state index contributed by atoms with van der Waals surface area (Å²) in [5, 5.41) is 3.50. The van der Waals surface area contributed by atoms with Crippen LogP contribution in [-0.2, 0) is 0 Å². The molecule has 0 aliphatic rings. The average Bonchev–Trinajstić information content (AvgIpc) is 2.78. The van der Waals surface area contributed by atoms with Crippen molar-refractivity contribution in [2.75, 3.05) is 6.54 Å². The molecule has 0 saturated heterocycles. The van der Waals surface area contributed by atoms with Crippen molar-refractivity contribution < 1.29 is 8.81 Å². The van der Waals surface area contributed by atoms with Crippen molar-refractivity contribution in [3.63, 3.8) is 0 Å². The molecular formula is C17H22FNO. The summed E-state index contributed by atoms with van der Waals surface area (Å²) >= 11 is 0. The Hall–Kier alpha value is -1.61. The standard InChI is InChI=1S/C17H22FNO/c1-5-8-19-17(15-7-6-13(4)20-15)16-11(2)9-14(18)10-12(16)3/h6-7,9-10,17,19H,5,8H2,1-4H3. The maximum atomic E-state index is 13.5. The Morgan fingerprint density at radius 2 is 1.80 bits per heavy atom. The number of furan rings is 1. The first-order chi connectivity index (χ1) is 9.52. The first kappa shape index (κ1) is 14.8. The van der Waals surface area contributed by atoms with Crippen molar-refractivity contribution in [3.05, 3.63) is 58.3 Å². The van der Waals surface area contributed by atoms with Gasteiger partial charge in [0.1, 0.15) is 17.3 Å². The minimum Gasteiger partial charge on any atom is -0.464 e. The summed E-state index contributed by atoms with van der Waals surface area (Å²) < 4.78 is 19.3. The average molecular weight is 275 g/mol. The number of benzene rings is 1. The molecular weight excluding hydrogens is 253 g/mol. The van der Waals surface area contributed by atoms with Crippen LogP contribution in [0.25, 0.3) is 0 Å². The summed E-state index contributed by atoms with van der Waals surface area (Å²) in [6, 6.07) is 7.09. The third kappa shape index (κ3) is 3.10. The fourth-order valence-electron chi connectivity index (χ4n) is 2.62. The van der Waals surface area contributed by atoms with E-state index in [-0.39, 0.29) is 11.9 Å². The van der Waals surface area contributed by atoms with E-state index in [1.54, 1.807) is 12.1 Å². The van der Waals surface area contributed by atoms with Crippen LogP contribution < -0.4 is 5.32 Å². The largest absolute Gasteiger partial charge is 0.464 e. The van der Waals surface area contributed by atoms with Crippen LogP contribution in [0.4, 0.5) is 4.39 Å². The summed E-state index contributed by atoms with van der Waals surface area (Å²) in [5.74, 6) is 1.59. The number of hydrogen-bond acceptors (Lipinski definition) is 2. The molecule has 2 nitrogen and oxygen atoms in total. The van der Waals surface area contributed by atoms with E-state index in [9.17, 15) is 4.39 Å². The molecule has 0 radical (unpaired) electrons. The zero-order valence-corrected chi connectivity index (χ0v) is 12.6. The van der Waals surface area contributed by atoms with E-state index in [0.29, 0.717) is 0 Å². The van der Waals surface area contributed by atoms with Gasteiger partial charge in [0.25, 0.3) is 0 Å². The lowest BCUT2D eigenvalue weighted by atomic mass is 9.94. The molecule has 1 heterocycles. The highest BCUT2D eigenvalue weighted by molar-refractivity contribution is 5.40. The fourth-order valence-corrected chi connectivity index (χ4v) is 2.62. The summed E-state index contributed by atoms with van der Waals surface area (Å²) in [5.41, 5.74) is 3.00. The van der Waals surface area contributed by atoms with Crippen LogP contribution in [0.1, 0.15) is 47.6 Å². The SMILES string of the molecule is CCCNC(c1ccc(C)o1)c1c(C)cc(F)cc1C. The topological polar surface area (TPSA) is 25.2 Å². The molecule has 1 atom stereocenters. The van der Waals surface area contributed by atoms with Crippen molar-refractivity contribution in [3.8, 4) is 0 Å². The summed E-state index contributed by atoms with van der Waals surface area (Å²) in [4.78, 5) is 0. The fraction of sp³-hybridized carbons (Fsp3) is 0.412. The lowest BCUT2D eigenvalue weighted by Gasteiger charge is -2.21. The van der Waals surface area contributed by atoms with Gasteiger partial charge in [-0.1, -0.05) is 6.92 Å². The number of rotatable bonds is 5. The van der Waals surface area contributed by atoms with Gasteiger partial charge in [0.05, 0.1) is 6.04 Å². The Balaban J connectivity index is 2.46. The first-order valence-electron chi connectivity index (χ1n) is 7.09. The Morgan fingerprint density at radius 3 is 2.30 bits per heavy atom. The van der Waals surface area contributed by atoms with Gasteiger partial charge in [-0.15, -0.1) is 0 Å². The normalized spacial score (nSPS) is 12.7. The van der Waals surface area contributed by atoms with E-state index in [1.165, 1.54) is 0 Å². The van der Waals surface area contributed by atoms with Gasteiger partial charge in [0, 0.05) is 0 Å². The molecule has 0 aliphatic heterocycles. The van der Waals surface area contributed by atoms with Gasteiger partial charge in [0.15, 0.2) is 0 Å². The van der Waals surface area contributed by atoms with Crippen LogP contribution in [0, 0.1) is 26.6 Å². The van der Waals surface area contributed by atoms with Gasteiger partial charge in [-0.25, -0.2) is 4.39 Å². The van der Waals surface area contributed by atoms with E-state index < -0.39 is 0 Å². The van der Waals surface area contributed by atoms with Gasteiger partial charge in [-0.05, 0) is 74.7 Å². The number of hydrogen-bond donors (Lipinski definition) is 1. The second-order valence-electron chi connectivity index (χ2n) is 5.29. The molecule has 1 aromatic heterocycles. The summed E-state index contributed by atoms with van der Waals surface area (Å²) in [6.45, 7) is 8.84. The van der Waals surface area contributed by atoms with Crippen molar-refractivity contribution >= 4 is 0 Å². The Kier molecular flexibility index (Phi) is 4.61. The first-order valence-corrected chi connectivity index (χ1v) is 7.09. The van der Waals surface area contributed by atoms with Crippen LogP contribution in [0.2, 0.25) is 0 Å². The molecule has 0 amide bonds. The zero-order valence-electron chi connectivity index (χ0n) is 12.6. The quantitative estimate of drug-likeness (QED) is 0.873. The molecule has 1 unspecified atom stereocenters. The van der Waals surface area contributed by atoms with Gasteiger partial charge in [-0.2, -0.15) is 0 Å². The second-order valence-corrected chi connectivity index (χ2v) is 5.29. The van der Waals surface area contributed by atoms with E-state index in [2.05, 4.69) is 12.2 Å². The minimum atomic E-state index is -0.186. The van der Waals surface area contributed by atoms with Crippen LogP contribution in [0.15, 0.2) is 28.7 Å². The van der Waals surface area contributed by atoms with Crippen LogP contribution >= 0.6 is 0 Å². The van der Waals surface area contributed by atoms with E-state index in [1.807, 2.05) is 32.9 Å². The van der Waals surface area contributed by atoms with Crippen LogP contribution in [0.5, 0.6) is 0 Å². The van der Waals surface area contributed by atoms with Crippen molar-refractivity contribution in [1.29, 1.82) is 0 Å². The molecule has 20 heavy (non-hydrogen) atoms. The highest BCUT2D eigenvalue weighted by Gasteiger charge is 2.21. The smallest absolute Gasteiger partial charge is 0.125 e. The third-order valence-corrected chi connectivity index (χ3v) is 3.49. The maximum absolute atomic E-state index is 13.5. The molecule has 0 bridgehead atoms. The molecule has 1 aromatic carbocycles. The Morgan fingerprint density at radius 1 is 1.15 bits per heavy atom. The highest BCUT2D eigenvalue weighted by atomic mass is 19.1.